The van der Waals surface area contributed by atoms with Gasteiger partial charge in [0.05, 0.1) is 13.1 Å². The summed E-state index contributed by atoms with van der Waals surface area (Å²) in [5, 5.41) is 8.76. The molecule has 0 bridgehead atoms. The highest BCUT2D eigenvalue weighted by Crippen LogP contribution is 1.98. The summed E-state index contributed by atoms with van der Waals surface area (Å²) < 4.78 is 0. The van der Waals surface area contributed by atoms with E-state index in [-0.39, 0.29) is 12.6 Å². The summed E-state index contributed by atoms with van der Waals surface area (Å²) in [5.41, 5.74) is 0.950. The smallest absolute Gasteiger partial charge is 0.317 e. The van der Waals surface area contributed by atoms with Crippen molar-refractivity contribution in [2.75, 3.05) is 13.1 Å². The Morgan fingerprint density at radius 2 is 2.00 bits per heavy atom. The number of carboxylic acids is 1. The lowest BCUT2D eigenvalue weighted by Gasteiger charge is -2.21. The SMILES string of the molecule is CC(C)N(CC#Cc1ccccc1)CC(=O)O. The minimum atomic E-state index is -0.819. The number of hydrogen-bond acceptors (Lipinski definition) is 2. The summed E-state index contributed by atoms with van der Waals surface area (Å²) >= 11 is 0. The first-order chi connectivity index (χ1) is 8.09. The molecule has 1 aromatic carbocycles. The van der Waals surface area contributed by atoms with Crippen LogP contribution in [-0.4, -0.2) is 35.1 Å². The molecule has 0 saturated carbocycles. The second-order valence-corrected chi connectivity index (χ2v) is 4.06. The Bertz CT molecular complexity index is 415. The lowest BCUT2D eigenvalue weighted by atomic mass is 10.2. The van der Waals surface area contributed by atoms with E-state index < -0.39 is 5.97 Å². The van der Waals surface area contributed by atoms with E-state index in [1.807, 2.05) is 49.1 Å². The number of rotatable bonds is 4. The molecule has 0 aliphatic carbocycles. The third kappa shape index (κ3) is 5.19. The summed E-state index contributed by atoms with van der Waals surface area (Å²) in [5.74, 6) is 5.20. The summed E-state index contributed by atoms with van der Waals surface area (Å²) in [4.78, 5) is 12.5. The van der Waals surface area contributed by atoms with Gasteiger partial charge in [0.15, 0.2) is 0 Å². The predicted octanol–water partition coefficient (Wildman–Crippen LogP) is 1.83. The van der Waals surface area contributed by atoms with E-state index in [0.29, 0.717) is 6.54 Å². The molecule has 0 fully saturated rings. The Kier molecular flexibility index (Phi) is 5.25. The molecule has 3 heteroatoms. The molecule has 17 heavy (non-hydrogen) atoms. The number of benzene rings is 1. The quantitative estimate of drug-likeness (QED) is 0.804. The van der Waals surface area contributed by atoms with Crippen molar-refractivity contribution in [3.8, 4) is 11.8 Å². The van der Waals surface area contributed by atoms with Crippen LogP contribution in [0, 0.1) is 11.8 Å². The van der Waals surface area contributed by atoms with Crippen molar-refractivity contribution >= 4 is 5.97 Å². The molecule has 0 aliphatic heterocycles. The fraction of sp³-hybridized carbons (Fsp3) is 0.357. The first-order valence-corrected chi connectivity index (χ1v) is 5.59. The van der Waals surface area contributed by atoms with Gasteiger partial charge < -0.3 is 5.11 Å². The summed E-state index contributed by atoms with van der Waals surface area (Å²) in [6.07, 6.45) is 0. The number of carboxylic acid groups (broad SMARTS) is 1. The van der Waals surface area contributed by atoms with Crippen molar-refractivity contribution < 1.29 is 9.90 Å². The number of aliphatic carboxylic acids is 1. The van der Waals surface area contributed by atoms with Gasteiger partial charge >= 0.3 is 5.97 Å². The first kappa shape index (κ1) is 13.3. The van der Waals surface area contributed by atoms with Crippen LogP contribution in [0.1, 0.15) is 19.4 Å². The molecule has 0 aromatic heterocycles. The zero-order valence-corrected chi connectivity index (χ0v) is 10.2. The van der Waals surface area contributed by atoms with Gasteiger partial charge in [0.1, 0.15) is 0 Å². The van der Waals surface area contributed by atoms with Gasteiger partial charge in [-0.3, -0.25) is 9.69 Å². The monoisotopic (exact) mass is 231 g/mol. The van der Waals surface area contributed by atoms with Gasteiger partial charge in [0.25, 0.3) is 0 Å². The third-order valence-electron chi connectivity index (χ3n) is 2.36. The van der Waals surface area contributed by atoms with E-state index in [4.69, 9.17) is 5.11 Å². The van der Waals surface area contributed by atoms with Crippen LogP contribution in [0.5, 0.6) is 0 Å². The van der Waals surface area contributed by atoms with E-state index in [1.54, 1.807) is 0 Å². The molecule has 0 aliphatic rings. The van der Waals surface area contributed by atoms with Gasteiger partial charge in [-0.15, -0.1) is 0 Å². The summed E-state index contributed by atoms with van der Waals surface area (Å²) in [7, 11) is 0. The van der Waals surface area contributed by atoms with Crippen LogP contribution in [0.3, 0.4) is 0 Å². The van der Waals surface area contributed by atoms with Crippen LogP contribution in [-0.2, 0) is 4.79 Å². The van der Waals surface area contributed by atoms with Crippen molar-refractivity contribution in [1.29, 1.82) is 0 Å². The third-order valence-corrected chi connectivity index (χ3v) is 2.36. The highest BCUT2D eigenvalue weighted by atomic mass is 16.4. The highest BCUT2D eigenvalue weighted by molar-refractivity contribution is 5.69. The standard InChI is InChI=1S/C14H17NO2/c1-12(2)15(11-14(16)17)10-6-9-13-7-4-3-5-8-13/h3-5,7-8,12H,10-11H2,1-2H3,(H,16,17). The predicted molar refractivity (Wildman–Crippen MR) is 67.7 cm³/mol. The normalized spacial score (nSPS) is 10.1. The van der Waals surface area contributed by atoms with Crippen molar-refractivity contribution in [2.45, 2.75) is 19.9 Å². The van der Waals surface area contributed by atoms with Crippen LogP contribution < -0.4 is 0 Å². The minimum absolute atomic E-state index is 0.0289. The molecule has 0 atom stereocenters. The van der Waals surface area contributed by atoms with E-state index in [1.165, 1.54) is 0 Å². The Morgan fingerprint density at radius 3 is 2.53 bits per heavy atom. The lowest BCUT2D eigenvalue weighted by Crippen LogP contribution is -2.35. The maximum absolute atomic E-state index is 10.7. The molecule has 0 radical (unpaired) electrons. The van der Waals surface area contributed by atoms with Crippen molar-refractivity contribution in [2.24, 2.45) is 0 Å². The Labute approximate surface area is 102 Å². The molecule has 0 saturated heterocycles. The molecule has 3 nitrogen and oxygen atoms in total. The van der Waals surface area contributed by atoms with Gasteiger partial charge in [-0.25, -0.2) is 0 Å². The molecule has 90 valence electrons. The van der Waals surface area contributed by atoms with E-state index in [9.17, 15) is 4.79 Å². The molecular formula is C14H17NO2. The van der Waals surface area contributed by atoms with Crippen molar-refractivity contribution in [1.82, 2.24) is 4.90 Å². The van der Waals surface area contributed by atoms with Crippen LogP contribution >= 0.6 is 0 Å². The zero-order valence-electron chi connectivity index (χ0n) is 10.2. The molecule has 0 spiro atoms. The minimum Gasteiger partial charge on any atom is -0.480 e. The van der Waals surface area contributed by atoms with Gasteiger partial charge in [-0.1, -0.05) is 30.0 Å². The zero-order chi connectivity index (χ0) is 12.7. The topological polar surface area (TPSA) is 40.5 Å². The molecule has 0 amide bonds. The number of hydrogen-bond donors (Lipinski definition) is 1. The van der Waals surface area contributed by atoms with E-state index in [0.717, 1.165) is 5.56 Å². The largest absolute Gasteiger partial charge is 0.480 e. The Balaban J connectivity index is 2.58. The van der Waals surface area contributed by atoms with Gasteiger partial charge in [-0.05, 0) is 26.0 Å². The number of carbonyl (C=O) groups is 1. The van der Waals surface area contributed by atoms with E-state index in [2.05, 4.69) is 11.8 Å². The van der Waals surface area contributed by atoms with E-state index >= 15 is 0 Å². The van der Waals surface area contributed by atoms with Crippen molar-refractivity contribution in [3.63, 3.8) is 0 Å². The second-order valence-electron chi connectivity index (χ2n) is 4.06. The Morgan fingerprint density at radius 1 is 1.35 bits per heavy atom. The lowest BCUT2D eigenvalue weighted by molar-refractivity contribution is -0.138. The Hall–Kier alpha value is -1.79. The van der Waals surface area contributed by atoms with Crippen molar-refractivity contribution in [3.05, 3.63) is 35.9 Å². The van der Waals surface area contributed by atoms with Crippen LogP contribution in [0.4, 0.5) is 0 Å². The molecule has 0 heterocycles. The molecular weight excluding hydrogens is 214 g/mol. The van der Waals surface area contributed by atoms with Gasteiger partial charge in [-0.2, -0.15) is 0 Å². The average Bonchev–Trinajstić information content (AvgIpc) is 2.28. The maximum Gasteiger partial charge on any atom is 0.317 e. The van der Waals surface area contributed by atoms with Crippen LogP contribution in [0.2, 0.25) is 0 Å². The highest BCUT2D eigenvalue weighted by Gasteiger charge is 2.11. The average molecular weight is 231 g/mol. The maximum atomic E-state index is 10.7. The molecule has 1 aromatic rings. The summed E-state index contributed by atoms with van der Waals surface area (Å²) in [6.45, 7) is 4.43. The van der Waals surface area contributed by atoms with Crippen LogP contribution in [0.15, 0.2) is 30.3 Å². The van der Waals surface area contributed by atoms with Gasteiger partial charge in [0, 0.05) is 11.6 Å². The fourth-order valence-electron chi connectivity index (χ4n) is 1.36. The second kappa shape index (κ2) is 6.72. The van der Waals surface area contributed by atoms with Crippen LogP contribution in [0.25, 0.3) is 0 Å². The van der Waals surface area contributed by atoms with Gasteiger partial charge in [0.2, 0.25) is 0 Å². The number of nitrogens with zero attached hydrogens (tertiary/aromatic N) is 1. The molecule has 1 rings (SSSR count). The fourth-order valence-corrected chi connectivity index (χ4v) is 1.36. The first-order valence-electron chi connectivity index (χ1n) is 5.59. The molecule has 1 N–H and O–H groups in total. The summed E-state index contributed by atoms with van der Waals surface area (Å²) in [6, 6.07) is 9.85. The molecule has 0 unspecified atom stereocenters.